The largest absolute Gasteiger partial charge is 0.467 e. The van der Waals surface area contributed by atoms with Gasteiger partial charge in [-0.3, -0.25) is 14.5 Å². The molecule has 2 amide bonds. The van der Waals surface area contributed by atoms with E-state index in [9.17, 15) is 19.6 Å². The van der Waals surface area contributed by atoms with Crippen LogP contribution in [0.4, 0.5) is 4.79 Å². The number of aryl methyl sites for hydroxylation is 2. The number of amides is 2. The summed E-state index contributed by atoms with van der Waals surface area (Å²) < 4.78 is 6.74. The second kappa shape index (κ2) is 8.60. The van der Waals surface area contributed by atoms with Gasteiger partial charge in [0.05, 0.1) is 17.6 Å². The smallest absolute Gasteiger partial charge is 0.328 e. The fourth-order valence-electron chi connectivity index (χ4n) is 4.30. The number of carbonyl (C=O) groups is 3. The van der Waals surface area contributed by atoms with Gasteiger partial charge in [0, 0.05) is 16.3 Å². The number of fused-ring (bicyclic) bond motifs is 1. The molecule has 4 rings (SSSR count). The van der Waals surface area contributed by atoms with Crippen LogP contribution in [-0.2, 0) is 27.2 Å². The van der Waals surface area contributed by atoms with Crippen molar-refractivity contribution in [1.82, 2.24) is 9.47 Å². The number of thioether (sulfide) groups is 1. The normalized spacial score (nSPS) is 18.1. The highest BCUT2D eigenvalue weighted by Crippen LogP contribution is 2.39. The van der Waals surface area contributed by atoms with Crippen molar-refractivity contribution in [2.24, 2.45) is 0 Å². The Bertz CT molecular complexity index is 1210. The molecule has 2 aromatic heterocycles. The molecule has 32 heavy (non-hydrogen) atoms. The number of carbonyl (C=O) groups excluding carboxylic acids is 3. The van der Waals surface area contributed by atoms with Crippen molar-refractivity contribution in [3.8, 4) is 11.1 Å². The molecule has 2 aliphatic rings. The van der Waals surface area contributed by atoms with Crippen LogP contribution in [0.15, 0.2) is 11.0 Å². The number of hydrogen-bond acceptors (Lipinski definition) is 7. The Morgan fingerprint density at radius 2 is 2.00 bits per heavy atom. The van der Waals surface area contributed by atoms with Crippen molar-refractivity contribution < 1.29 is 19.1 Å². The van der Waals surface area contributed by atoms with Crippen LogP contribution in [0.5, 0.6) is 0 Å². The Morgan fingerprint density at radius 1 is 1.28 bits per heavy atom. The van der Waals surface area contributed by atoms with E-state index in [2.05, 4.69) is 15.4 Å². The molecule has 1 atom stereocenters. The lowest BCUT2D eigenvalue weighted by Crippen LogP contribution is -2.42. The van der Waals surface area contributed by atoms with E-state index in [0.717, 1.165) is 69.9 Å². The number of thiophene rings is 1. The Morgan fingerprint density at radius 3 is 2.69 bits per heavy atom. The second-order valence-electron chi connectivity index (χ2n) is 7.92. The van der Waals surface area contributed by atoms with Gasteiger partial charge in [-0.15, -0.1) is 11.3 Å². The zero-order chi connectivity index (χ0) is 23.2. The fraction of sp³-hybridized carbons (Fsp3) is 0.391. The van der Waals surface area contributed by atoms with Crippen molar-refractivity contribution >= 4 is 46.3 Å². The van der Waals surface area contributed by atoms with Crippen molar-refractivity contribution in [3.63, 3.8) is 0 Å². The van der Waals surface area contributed by atoms with Crippen LogP contribution in [0.25, 0.3) is 11.1 Å². The Kier molecular flexibility index (Phi) is 6.01. The third-order valence-electron chi connectivity index (χ3n) is 5.98. The van der Waals surface area contributed by atoms with Crippen LogP contribution in [0.2, 0.25) is 0 Å². The van der Waals surface area contributed by atoms with E-state index in [1.165, 1.54) is 24.5 Å². The molecule has 166 valence electrons. The van der Waals surface area contributed by atoms with Crippen LogP contribution in [0, 0.1) is 25.2 Å². The third kappa shape index (κ3) is 3.57. The molecule has 0 aromatic carbocycles. The van der Waals surface area contributed by atoms with Crippen molar-refractivity contribution in [3.05, 3.63) is 43.9 Å². The SMILES string of the molecule is COC(=O)[C@H](C)N1C(=O)S/C(=C/c2cc(C)n(-c3sc4c(c3C#N)CCCC4)c2C)C1=O. The molecule has 1 saturated heterocycles. The average Bonchev–Trinajstić information content (AvgIpc) is 3.37. The lowest BCUT2D eigenvalue weighted by Gasteiger charge is -2.18. The quantitative estimate of drug-likeness (QED) is 0.483. The maximum absolute atomic E-state index is 12.8. The summed E-state index contributed by atoms with van der Waals surface area (Å²) in [6.07, 6.45) is 5.88. The summed E-state index contributed by atoms with van der Waals surface area (Å²) in [7, 11) is 1.22. The molecule has 1 fully saturated rings. The van der Waals surface area contributed by atoms with Gasteiger partial charge in [-0.05, 0) is 81.5 Å². The molecule has 3 heterocycles. The van der Waals surface area contributed by atoms with Gasteiger partial charge in [0.25, 0.3) is 11.1 Å². The Labute approximate surface area is 194 Å². The predicted molar refractivity (Wildman–Crippen MR) is 124 cm³/mol. The number of aromatic nitrogens is 1. The van der Waals surface area contributed by atoms with E-state index < -0.39 is 23.2 Å². The lowest BCUT2D eigenvalue weighted by atomic mass is 9.96. The molecule has 2 aromatic rings. The average molecular weight is 470 g/mol. The molecular formula is C23H23N3O4S2. The van der Waals surface area contributed by atoms with E-state index in [1.807, 2.05) is 19.9 Å². The first-order valence-corrected chi connectivity index (χ1v) is 12.0. The summed E-state index contributed by atoms with van der Waals surface area (Å²) in [5.74, 6) is -1.15. The molecule has 0 bridgehead atoms. The first-order valence-electron chi connectivity index (χ1n) is 10.4. The fourth-order valence-corrected chi connectivity index (χ4v) is 6.65. The van der Waals surface area contributed by atoms with Gasteiger partial charge >= 0.3 is 5.97 Å². The van der Waals surface area contributed by atoms with Crippen molar-refractivity contribution in [1.29, 1.82) is 5.26 Å². The standard InChI is InChI=1S/C23H23N3O4S2/c1-12-9-15(10-19-20(27)26(23(29)32-19)14(3)22(28)30-4)13(2)25(12)21-17(11-24)16-7-5-6-8-18(16)31-21/h9-10,14H,5-8H2,1-4H3/b19-10+/t14-/m0/s1. The van der Waals surface area contributed by atoms with Crippen LogP contribution < -0.4 is 0 Å². The van der Waals surface area contributed by atoms with Crippen LogP contribution >= 0.6 is 23.1 Å². The lowest BCUT2D eigenvalue weighted by molar-refractivity contribution is -0.148. The van der Waals surface area contributed by atoms with Crippen LogP contribution in [-0.4, -0.2) is 39.7 Å². The van der Waals surface area contributed by atoms with E-state index in [0.29, 0.717) is 0 Å². The molecule has 1 aliphatic heterocycles. The van der Waals surface area contributed by atoms with E-state index >= 15 is 0 Å². The maximum Gasteiger partial charge on any atom is 0.328 e. The number of rotatable bonds is 4. The molecule has 0 radical (unpaired) electrons. The topological polar surface area (TPSA) is 92.4 Å². The number of nitriles is 1. The molecular weight excluding hydrogens is 446 g/mol. The predicted octanol–water partition coefficient (Wildman–Crippen LogP) is 4.50. The first-order chi connectivity index (χ1) is 15.3. The highest BCUT2D eigenvalue weighted by atomic mass is 32.2. The zero-order valence-electron chi connectivity index (χ0n) is 18.4. The van der Waals surface area contributed by atoms with E-state index in [4.69, 9.17) is 0 Å². The molecule has 0 saturated carbocycles. The van der Waals surface area contributed by atoms with E-state index in [1.54, 1.807) is 17.4 Å². The highest BCUT2D eigenvalue weighted by molar-refractivity contribution is 8.18. The number of ether oxygens (including phenoxy) is 1. The Balaban J connectivity index is 1.73. The summed E-state index contributed by atoms with van der Waals surface area (Å²) >= 11 is 2.48. The maximum atomic E-state index is 12.8. The summed E-state index contributed by atoms with van der Waals surface area (Å²) in [6.45, 7) is 5.38. The molecule has 0 unspecified atom stereocenters. The van der Waals surface area contributed by atoms with Gasteiger partial charge in [-0.2, -0.15) is 5.26 Å². The van der Waals surface area contributed by atoms with Gasteiger partial charge in [0.15, 0.2) is 0 Å². The molecule has 7 nitrogen and oxygen atoms in total. The first kappa shape index (κ1) is 22.4. The van der Waals surface area contributed by atoms with Gasteiger partial charge < -0.3 is 9.30 Å². The number of esters is 1. The summed E-state index contributed by atoms with van der Waals surface area (Å²) in [4.78, 5) is 39.6. The van der Waals surface area contributed by atoms with Gasteiger partial charge in [-0.1, -0.05) is 0 Å². The second-order valence-corrected chi connectivity index (χ2v) is 9.99. The molecule has 9 heteroatoms. The number of nitrogens with zero attached hydrogens (tertiary/aromatic N) is 3. The zero-order valence-corrected chi connectivity index (χ0v) is 20.0. The minimum absolute atomic E-state index is 0.261. The Hall–Kier alpha value is -2.83. The number of imide groups is 1. The number of hydrogen-bond donors (Lipinski definition) is 0. The van der Waals surface area contributed by atoms with E-state index in [-0.39, 0.29) is 4.91 Å². The van der Waals surface area contributed by atoms with Crippen LogP contribution in [0.3, 0.4) is 0 Å². The van der Waals surface area contributed by atoms with Gasteiger partial charge in [0.2, 0.25) is 0 Å². The molecule has 0 spiro atoms. The van der Waals surface area contributed by atoms with Gasteiger partial charge in [0.1, 0.15) is 17.1 Å². The third-order valence-corrected chi connectivity index (χ3v) is 8.14. The summed E-state index contributed by atoms with van der Waals surface area (Å²) in [5, 5.41) is 10.3. The minimum atomic E-state index is -0.985. The molecule has 0 N–H and O–H groups in total. The van der Waals surface area contributed by atoms with Crippen molar-refractivity contribution in [2.75, 3.05) is 7.11 Å². The monoisotopic (exact) mass is 469 g/mol. The number of methoxy groups -OCH3 is 1. The van der Waals surface area contributed by atoms with Crippen molar-refractivity contribution in [2.45, 2.75) is 52.5 Å². The minimum Gasteiger partial charge on any atom is -0.467 e. The van der Waals surface area contributed by atoms with Crippen LogP contribution in [0.1, 0.15) is 52.7 Å². The summed E-state index contributed by atoms with van der Waals surface area (Å²) in [6, 6.07) is 3.37. The highest BCUT2D eigenvalue weighted by Gasteiger charge is 2.41. The van der Waals surface area contributed by atoms with Gasteiger partial charge in [-0.25, -0.2) is 4.79 Å². The summed E-state index contributed by atoms with van der Waals surface area (Å²) in [5.41, 5.74) is 4.56. The molecule has 1 aliphatic carbocycles.